The summed E-state index contributed by atoms with van der Waals surface area (Å²) in [6.45, 7) is 3.48. The average Bonchev–Trinajstić information content (AvgIpc) is 2.68. The fourth-order valence-corrected chi connectivity index (χ4v) is 2.69. The van der Waals surface area contributed by atoms with E-state index in [0.29, 0.717) is 17.9 Å². The molecular weight excluding hydrogens is 378 g/mol. The van der Waals surface area contributed by atoms with E-state index in [9.17, 15) is 22.4 Å². The molecule has 0 radical (unpaired) electrons. The van der Waals surface area contributed by atoms with Crippen LogP contribution in [-0.4, -0.2) is 33.9 Å². The first-order valence-electron chi connectivity index (χ1n) is 8.25. The number of aromatic nitrogens is 2. The summed E-state index contributed by atoms with van der Waals surface area (Å²) in [5.74, 6) is -1.31. The fraction of sp³-hybridized carbons (Fsp3) is 0.211. The summed E-state index contributed by atoms with van der Waals surface area (Å²) < 4.78 is 56.5. The Morgan fingerprint density at radius 2 is 2.00 bits per heavy atom. The lowest BCUT2D eigenvalue weighted by molar-refractivity contribution is -0.141. The molecule has 0 N–H and O–H groups in total. The number of rotatable bonds is 4. The highest BCUT2D eigenvalue weighted by Crippen LogP contribution is 2.33. The number of carbonyl (C=O) groups excluding carboxylic acids is 1. The average molecular weight is 393 g/mol. The van der Waals surface area contributed by atoms with Crippen LogP contribution in [0, 0.1) is 0 Å². The van der Waals surface area contributed by atoms with Crippen LogP contribution in [0.5, 0.6) is 11.5 Å². The predicted octanol–water partition coefficient (Wildman–Crippen LogP) is 4.39. The molecule has 0 aliphatic carbocycles. The maximum Gasteiger partial charge on any atom is 0.433 e. The number of ether oxygens (including phenoxy) is 1. The molecule has 2 aromatic heterocycles. The number of hydrogen-bond donors (Lipinski definition) is 0. The molecule has 0 spiro atoms. The number of pyridine rings is 2. The van der Waals surface area contributed by atoms with Crippen LogP contribution in [0.1, 0.15) is 17.8 Å². The van der Waals surface area contributed by atoms with E-state index in [2.05, 4.69) is 16.5 Å². The molecule has 3 heterocycles. The van der Waals surface area contributed by atoms with Crippen LogP contribution >= 0.6 is 0 Å². The van der Waals surface area contributed by atoms with Crippen molar-refractivity contribution in [1.82, 2.24) is 14.9 Å². The first-order chi connectivity index (χ1) is 13.3. The molecule has 2 aromatic rings. The van der Waals surface area contributed by atoms with Crippen LogP contribution in [0.3, 0.4) is 0 Å². The summed E-state index contributed by atoms with van der Waals surface area (Å²) in [7, 11) is 0. The maximum absolute atomic E-state index is 13.0. The first kappa shape index (κ1) is 19.5. The quantitative estimate of drug-likeness (QED) is 0.571. The number of alkyl halides is 3. The summed E-state index contributed by atoms with van der Waals surface area (Å²) in [6, 6.07) is 5.26. The normalized spacial score (nSPS) is 14.4. The second kappa shape index (κ2) is 7.79. The van der Waals surface area contributed by atoms with Crippen LogP contribution in [0.4, 0.5) is 17.6 Å². The van der Waals surface area contributed by atoms with Crippen molar-refractivity contribution in [3.63, 3.8) is 0 Å². The van der Waals surface area contributed by atoms with Gasteiger partial charge in [0.2, 0.25) is 0 Å². The zero-order valence-corrected chi connectivity index (χ0v) is 14.5. The smallest absolute Gasteiger partial charge is 0.433 e. The van der Waals surface area contributed by atoms with Gasteiger partial charge in [-0.25, -0.2) is 9.37 Å². The molecule has 0 saturated heterocycles. The number of nitrogens with zero attached hydrogens (tertiary/aromatic N) is 3. The molecule has 0 bridgehead atoms. The molecule has 0 aromatic carbocycles. The Hall–Kier alpha value is -3.23. The molecular formula is C19H15F4N3O2. The number of hydrogen-bond acceptors (Lipinski definition) is 4. The van der Waals surface area contributed by atoms with Gasteiger partial charge in [0.25, 0.3) is 5.91 Å². The Balaban J connectivity index is 1.79. The molecule has 28 heavy (non-hydrogen) atoms. The predicted molar refractivity (Wildman–Crippen MR) is 93.0 cm³/mol. The summed E-state index contributed by atoms with van der Waals surface area (Å²) in [5, 5.41) is 0. The van der Waals surface area contributed by atoms with Gasteiger partial charge in [-0.1, -0.05) is 12.7 Å². The Morgan fingerprint density at radius 3 is 2.57 bits per heavy atom. The highest BCUT2D eigenvalue weighted by atomic mass is 19.4. The van der Waals surface area contributed by atoms with E-state index in [1.807, 2.05) is 0 Å². The van der Waals surface area contributed by atoms with Crippen molar-refractivity contribution in [2.24, 2.45) is 0 Å². The van der Waals surface area contributed by atoms with Gasteiger partial charge in [0.1, 0.15) is 17.1 Å². The number of amides is 1. The van der Waals surface area contributed by atoms with E-state index in [-0.39, 0.29) is 18.8 Å². The Bertz CT molecular complexity index is 924. The SMILES string of the molecule is C=C(F)C(=O)N1CC=C(c2ncccc2Oc2ccc(C(F)(F)F)nc2)CC1. The molecule has 146 valence electrons. The minimum atomic E-state index is -4.53. The molecule has 1 aliphatic heterocycles. The summed E-state index contributed by atoms with van der Waals surface area (Å²) in [6.07, 6.45) is 0.151. The zero-order chi connectivity index (χ0) is 20.3. The third-order valence-electron chi connectivity index (χ3n) is 4.06. The highest BCUT2D eigenvalue weighted by molar-refractivity contribution is 5.91. The van der Waals surface area contributed by atoms with Gasteiger partial charge in [0.15, 0.2) is 11.6 Å². The second-order valence-corrected chi connectivity index (χ2v) is 5.96. The van der Waals surface area contributed by atoms with Crippen LogP contribution in [0.25, 0.3) is 5.57 Å². The topological polar surface area (TPSA) is 55.3 Å². The summed E-state index contributed by atoms with van der Waals surface area (Å²) in [5.41, 5.74) is 0.262. The summed E-state index contributed by atoms with van der Waals surface area (Å²) in [4.78, 5) is 20.6. The lowest BCUT2D eigenvalue weighted by atomic mass is 10.0. The van der Waals surface area contributed by atoms with Gasteiger partial charge in [-0.15, -0.1) is 0 Å². The molecule has 5 nitrogen and oxygen atoms in total. The van der Waals surface area contributed by atoms with E-state index in [1.54, 1.807) is 24.4 Å². The molecule has 0 saturated carbocycles. The maximum atomic E-state index is 13.0. The van der Waals surface area contributed by atoms with Crippen molar-refractivity contribution in [2.75, 3.05) is 13.1 Å². The van der Waals surface area contributed by atoms with Crippen molar-refractivity contribution in [3.8, 4) is 11.5 Å². The van der Waals surface area contributed by atoms with Gasteiger partial charge >= 0.3 is 6.18 Å². The Kier molecular flexibility index (Phi) is 5.43. The molecule has 1 aliphatic rings. The monoisotopic (exact) mass is 393 g/mol. The lowest BCUT2D eigenvalue weighted by Crippen LogP contribution is -2.34. The second-order valence-electron chi connectivity index (χ2n) is 5.96. The largest absolute Gasteiger partial charge is 0.453 e. The summed E-state index contributed by atoms with van der Waals surface area (Å²) >= 11 is 0. The van der Waals surface area contributed by atoms with Crippen molar-refractivity contribution in [1.29, 1.82) is 0 Å². The van der Waals surface area contributed by atoms with Gasteiger partial charge < -0.3 is 9.64 Å². The third-order valence-corrected chi connectivity index (χ3v) is 4.06. The van der Waals surface area contributed by atoms with Crippen LogP contribution in [0.2, 0.25) is 0 Å². The lowest BCUT2D eigenvalue weighted by Gasteiger charge is -2.26. The van der Waals surface area contributed by atoms with Crippen molar-refractivity contribution in [3.05, 3.63) is 66.5 Å². The van der Waals surface area contributed by atoms with E-state index in [0.717, 1.165) is 17.8 Å². The van der Waals surface area contributed by atoms with E-state index < -0.39 is 23.6 Å². The number of carbonyl (C=O) groups is 1. The Morgan fingerprint density at radius 1 is 1.21 bits per heavy atom. The van der Waals surface area contributed by atoms with Gasteiger partial charge in [-0.05, 0) is 36.3 Å². The molecule has 0 atom stereocenters. The molecule has 1 amide bonds. The van der Waals surface area contributed by atoms with Crippen LogP contribution < -0.4 is 4.74 Å². The van der Waals surface area contributed by atoms with E-state index >= 15 is 0 Å². The molecule has 3 rings (SSSR count). The van der Waals surface area contributed by atoms with Crippen LogP contribution in [-0.2, 0) is 11.0 Å². The molecule has 0 fully saturated rings. The van der Waals surface area contributed by atoms with E-state index in [1.165, 1.54) is 11.0 Å². The van der Waals surface area contributed by atoms with E-state index in [4.69, 9.17) is 4.74 Å². The third kappa shape index (κ3) is 4.36. The first-order valence-corrected chi connectivity index (χ1v) is 8.25. The molecule has 0 unspecified atom stereocenters. The van der Waals surface area contributed by atoms with Crippen molar-refractivity contribution < 1.29 is 27.1 Å². The van der Waals surface area contributed by atoms with Gasteiger partial charge in [0.05, 0.1) is 6.20 Å². The fourth-order valence-electron chi connectivity index (χ4n) is 2.69. The standard InChI is InChI=1S/C19H15F4N3O2/c1-12(20)18(27)26-9-6-13(7-10-26)17-15(3-2-8-24-17)28-14-4-5-16(25-11-14)19(21,22)23/h2-6,8,11H,1,7,9-10H2. The van der Waals surface area contributed by atoms with Gasteiger partial charge in [-0.2, -0.15) is 13.2 Å². The minimum Gasteiger partial charge on any atom is -0.453 e. The van der Waals surface area contributed by atoms with Crippen molar-refractivity contribution >= 4 is 11.5 Å². The van der Waals surface area contributed by atoms with Crippen LogP contribution in [0.15, 0.2) is 55.1 Å². The number of halogens is 4. The van der Waals surface area contributed by atoms with Gasteiger partial charge in [0, 0.05) is 19.3 Å². The Labute approximate surface area is 158 Å². The molecule has 9 heteroatoms. The minimum absolute atomic E-state index is 0.129. The zero-order valence-electron chi connectivity index (χ0n) is 14.5. The highest BCUT2D eigenvalue weighted by Gasteiger charge is 2.32. The van der Waals surface area contributed by atoms with Gasteiger partial charge in [-0.3, -0.25) is 9.78 Å². The van der Waals surface area contributed by atoms with Crippen molar-refractivity contribution in [2.45, 2.75) is 12.6 Å².